The van der Waals surface area contributed by atoms with Gasteiger partial charge in [-0.15, -0.1) is 0 Å². The second kappa shape index (κ2) is 5.91. The van der Waals surface area contributed by atoms with Crippen molar-refractivity contribution in [2.24, 2.45) is 0 Å². The van der Waals surface area contributed by atoms with Crippen LogP contribution in [-0.2, 0) is 0 Å². The Balaban J connectivity index is 2.03. The monoisotopic (exact) mass is 333 g/mol. The topological polar surface area (TPSA) is 47.8 Å². The molecule has 0 fully saturated rings. The highest BCUT2D eigenvalue weighted by Gasteiger charge is 2.16. The standard InChI is InChI=1S/C19H12ClN3O/c20-15-6-4-5-13(11-15)19-18-14(9-10-17(24)21-18)12-23(22-19)16-7-2-1-3-8-16/h1-12H. The first kappa shape index (κ1) is 14.6. The summed E-state index contributed by atoms with van der Waals surface area (Å²) in [6, 6.07) is 20.4. The maximum absolute atomic E-state index is 11.7. The van der Waals surface area contributed by atoms with Crippen molar-refractivity contribution in [3.05, 3.63) is 88.3 Å². The van der Waals surface area contributed by atoms with E-state index in [0.717, 1.165) is 16.8 Å². The first-order valence-corrected chi connectivity index (χ1v) is 7.81. The van der Waals surface area contributed by atoms with Gasteiger partial charge in [-0.1, -0.05) is 41.9 Å². The summed E-state index contributed by atoms with van der Waals surface area (Å²) in [6.07, 6.45) is 1.87. The van der Waals surface area contributed by atoms with Gasteiger partial charge in [0.15, 0.2) is 0 Å². The summed E-state index contributed by atoms with van der Waals surface area (Å²) >= 11 is 6.12. The molecule has 0 radical (unpaired) electrons. The van der Waals surface area contributed by atoms with Crippen LogP contribution in [0.4, 0.5) is 0 Å². The van der Waals surface area contributed by atoms with Crippen LogP contribution in [0.1, 0.15) is 0 Å². The number of pyridine rings is 1. The van der Waals surface area contributed by atoms with Crippen molar-refractivity contribution in [2.75, 3.05) is 0 Å². The number of hydrogen-bond acceptors (Lipinski definition) is 3. The zero-order chi connectivity index (χ0) is 16.5. The Labute approximate surface area is 143 Å². The molecule has 116 valence electrons. The van der Waals surface area contributed by atoms with Crippen molar-refractivity contribution >= 4 is 11.6 Å². The molecule has 2 heterocycles. The van der Waals surface area contributed by atoms with E-state index in [1.807, 2.05) is 54.7 Å². The lowest BCUT2D eigenvalue weighted by Gasteiger charge is -2.14. The Hall–Kier alpha value is -2.98. The first-order chi connectivity index (χ1) is 11.7. The van der Waals surface area contributed by atoms with Gasteiger partial charge in [0, 0.05) is 28.4 Å². The van der Waals surface area contributed by atoms with E-state index in [1.54, 1.807) is 16.8 Å². The number of aromatic nitrogens is 3. The van der Waals surface area contributed by atoms with Gasteiger partial charge < -0.3 is 0 Å². The number of hydrogen-bond donors (Lipinski definition) is 0. The lowest BCUT2D eigenvalue weighted by molar-refractivity contribution is 0.844. The Morgan fingerprint density at radius 2 is 1.67 bits per heavy atom. The molecule has 0 saturated heterocycles. The van der Waals surface area contributed by atoms with Crippen LogP contribution in [0.5, 0.6) is 0 Å². The Bertz CT molecular complexity index is 1040. The predicted octanol–water partition coefficient (Wildman–Crippen LogP) is 4.05. The molecule has 0 atom stereocenters. The molecule has 2 aliphatic heterocycles. The van der Waals surface area contributed by atoms with Crippen LogP contribution >= 0.6 is 11.6 Å². The number of nitrogens with zero attached hydrogens (tertiary/aromatic N) is 3. The zero-order valence-corrected chi connectivity index (χ0v) is 13.3. The molecule has 5 heteroatoms. The molecular formula is C19H12ClN3O. The fourth-order valence-electron chi connectivity index (χ4n) is 2.60. The zero-order valence-electron chi connectivity index (χ0n) is 12.6. The van der Waals surface area contributed by atoms with Crippen molar-refractivity contribution in [3.8, 4) is 28.2 Å². The molecule has 0 N–H and O–H groups in total. The van der Waals surface area contributed by atoms with E-state index in [0.29, 0.717) is 16.4 Å². The summed E-state index contributed by atoms with van der Waals surface area (Å²) in [5, 5.41) is 5.29. The van der Waals surface area contributed by atoms with E-state index in [-0.39, 0.29) is 5.56 Å². The fraction of sp³-hybridized carbons (Fsp3) is 0. The largest absolute Gasteiger partial charge is 0.270 e. The van der Waals surface area contributed by atoms with Crippen LogP contribution in [0.25, 0.3) is 28.2 Å². The normalized spacial score (nSPS) is 10.9. The van der Waals surface area contributed by atoms with Gasteiger partial charge in [-0.2, -0.15) is 5.10 Å². The summed E-state index contributed by atoms with van der Waals surface area (Å²) in [7, 11) is 0. The minimum absolute atomic E-state index is 0.287. The Kier molecular flexibility index (Phi) is 3.59. The van der Waals surface area contributed by atoms with Gasteiger partial charge in [-0.05, 0) is 30.3 Å². The SMILES string of the molecule is O=c1ccc2cn(-c3ccccc3)nc(-c3cccc(Cl)c3)c-2n1. The predicted molar refractivity (Wildman–Crippen MR) is 94.7 cm³/mol. The van der Waals surface area contributed by atoms with Crippen molar-refractivity contribution in [1.29, 1.82) is 0 Å². The average Bonchev–Trinajstić information content (AvgIpc) is 2.61. The number of fused-ring (bicyclic) bond motifs is 1. The third kappa shape index (κ3) is 2.68. The van der Waals surface area contributed by atoms with Crippen molar-refractivity contribution < 1.29 is 0 Å². The lowest BCUT2D eigenvalue weighted by Crippen LogP contribution is -2.11. The van der Waals surface area contributed by atoms with Crippen LogP contribution in [-0.4, -0.2) is 14.8 Å². The third-order valence-corrected chi connectivity index (χ3v) is 3.95. The summed E-state index contributed by atoms with van der Waals surface area (Å²) in [4.78, 5) is 15.9. The fourth-order valence-corrected chi connectivity index (χ4v) is 2.80. The highest BCUT2D eigenvalue weighted by atomic mass is 35.5. The number of benzene rings is 2. The summed E-state index contributed by atoms with van der Waals surface area (Å²) in [6.45, 7) is 0. The van der Waals surface area contributed by atoms with Gasteiger partial charge in [0.2, 0.25) is 0 Å². The highest BCUT2D eigenvalue weighted by Crippen LogP contribution is 2.30. The highest BCUT2D eigenvalue weighted by molar-refractivity contribution is 6.30. The van der Waals surface area contributed by atoms with Gasteiger partial charge in [-0.3, -0.25) is 4.79 Å². The number of halogens is 1. The van der Waals surface area contributed by atoms with Crippen LogP contribution < -0.4 is 5.56 Å². The molecular weight excluding hydrogens is 322 g/mol. The lowest BCUT2D eigenvalue weighted by atomic mass is 10.0. The van der Waals surface area contributed by atoms with Crippen LogP contribution in [0, 0.1) is 0 Å². The van der Waals surface area contributed by atoms with Crippen LogP contribution in [0.2, 0.25) is 5.02 Å². The summed E-state index contributed by atoms with van der Waals surface area (Å²) in [5.41, 5.74) is 3.48. The number of rotatable bonds is 2. The second-order valence-electron chi connectivity index (χ2n) is 5.36. The molecule has 0 spiro atoms. The summed E-state index contributed by atoms with van der Waals surface area (Å²) < 4.78 is 1.78. The van der Waals surface area contributed by atoms with E-state index in [1.165, 1.54) is 6.07 Å². The third-order valence-electron chi connectivity index (χ3n) is 3.71. The summed E-state index contributed by atoms with van der Waals surface area (Å²) in [5.74, 6) is 0. The number of para-hydroxylation sites is 1. The van der Waals surface area contributed by atoms with E-state index < -0.39 is 0 Å². The molecule has 4 rings (SSSR count). The van der Waals surface area contributed by atoms with Crippen LogP contribution in [0.15, 0.2) is 77.7 Å². The molecule has 2 aromatic rings. The molecule has 0 bridgehead atoms. The molecule has 0 saturated carbocycles. The van der Waals surface area contributed by atoms with E-state index in [9.17, 15) is 4.79 Å². The van der Waals surface area contributed by atoms with Gasteiger partial charge >= 0.3 is 0 Å². The second-order valence-corrected chi connectivity index (χ2v) is 5.79. The molecule has 0 amide bonds. The van der Waals surface area contributed by atoms with Gasteiger partial charge in [0.1, 0.15) is 11.4 Å². The van der Waals surface area contributed by atoms with Crippen LogP contribution in [0.3, 0.4) is 0 Å². The maximum atomic E-state index is 11.7. The minimum Gasteiger partial charge on any atom is -0.267 e. The maximum Gasteiger partial charge on any atom is 0.270 e. The van der Waals surface area contributed by atoms with Crippen molar-refractivity contribution in [1.82, 2.24) is 14.8 Å². The van der Waals surface area contributed by atoms with Gasteiger partial charge in [-0.25, -0.2) is 9.67 Å². The Morgan fingerprint density at radius 3 is 2.46 bits per heavy atom. The smallest absolute Gasteiger partial charge is 0.267 e. The molecule has 2 aromatic carbocycles. The molecule has 0 aliphatic carbocycles. The molecule has 0 unspecified atom stereocenters. The van der Waals surface area contributed by atoms with E-state index >= 15 is 0 Å². The quantitative estimate of drug-likeness (QED) is 0.556. The molecule has 24 heavy (non-hydrogen) atoms. The van der Waals surface area contributed by atoms with Gasteiger partial charge in [0.05, 0.1) is 5.69 Å². The average molecular weight is 334 g/mol. The minimum atomic E-state index is -0.287. The van der Waals surface area contributed by atoms with E-state index in [4.69, 9.17) is 11.6 Å². The molecule has 2 aliphatic rings. The van der Waals surface area contributed by atoms with Crippen molar-refractivity contribution in [2.45, 2.75) is 0 Å². The molecule has 0 aromatic heterocycles. The Morgan fingerprint density at radius 1 is 0.833 bits per heavy atom. The van der Waals surface area contributed by atoms with Gasteiger partial charge in [0.25, 0.3) is 5.56 Å². The molecule has 4 nitrogen and oxygen atoms in total. The van der Waals surface area contributed by atoms with E-state index in [2.05, 4.69) is 10.1 Å². The first-order valence-electron chi connectivity index (χ1n) is 7.43. The van der Waals surface area contributed by atoms with Crippen molar-refractivity contribution in [3.63, 3.8) is 0 Å².